The van der Waals surface area contributed by atoms with Crippen molar-refractivity contribution in [3.8, 4) is 0 Å². The van der Waals surface area contributed by atoms with Gasteiger partial charge in [0.2, 0.25) is 5.91 Å². The van der Waals surface area contributed by atoms with Crippen molar-refractivity contribution in [2.75, 3.05) is 37.6 Å². The van der Waals surface area contributed by atoms with E-state index in [9.17, 15) is 14.0 Å². The first-order valence-corrected chi connectivity index (χ1v) is 14.8. The molecule has 0 saturated carbocycles. The number of nitrogens with zero attached hydrogens (tertiary/aromatic N) is 7. The summed E-state index contributed by atoms with van der Waals surface area (Å²) in [7, 11) is 0. The smallest absolute Gasteiger partial charge is 0.273 e. The first kappa shape index (κ1) is 27.6. The fourth-order valence-corrected chi connectivity index (χ4v) is 6.85. The van der Waals surface area contributed by atoms with Crippen molar-refractivity contribution in [2.45, 2.75) is 51.2 Å². The molecule has 7 rings (SSSR count). The second-order valence-electron chi connectivity index (χ2n) is 12.7. The SMILES string of the molecule is C[C@@H]1CN(CC(=O)N2CC(C)(C)c3c2cc(Cc2ccc(F)cc2)c2ncnn32)[C@@H](CN2Cc3cccnc3C2=O)CN1. The molecule has 1 fully saturated rings. The molecule has 11 heteroatoms. The van der Waals surface area contributed by atoms with E-state index in [4.69, 9.17) is 0 Å². The summed E-state index contributed by atoms with van der Waals surface area (Å²) < 4.78 is 15.4. The fraction of sp³-hybridized carbons (Fsp3) is 0.406. The lowest BCUT2D eigenvalue weighted by molar-refractivity contribution is -0.120. The largest absolute Gasteiger partial charge is 0.331 e. The van der Waals surface area contributed by atoms with Gasteiger partial charge in [0.1, 0.15) is 17.8 Å². The molecule has 6 heterocycles. The van der Waals surface area contributed by atoms with E-state index in [2.05, 4.69) is 52.1 Å². The molecule has 0 unspecified atom stereocenters. The number of piperazine rings is 1. The Hall–Kier alpha value is -4.22. The standard InChI is InChI=1S/C32H35FN8O2/c1-20-14-38(25(13-35-20)16-39-15-22-5-4-10-34-28(22)31(39)43)17-27(42)40-18-32(2,3)29-26(40)12-23(30-36-19-37-41(29)30)11-21-6-8-24(33)9-7-21/h4-10,12,19-20,25,35H,11,13-18H2,1-3H3/t20-,25-/m1/s1. The van der Waals surface area contributed by atoms with Crippen LogP contribution in [0.1, 0.15) is 53.6 Å². The molecule has 0 spiro atoms. The van der Waals surface area contributed by atoms with Gasteiger partial charge in [0.05, 0.1) is 17.9 Å². The summed E-state index contributed by atoms with van der Waals surface area (Å²) in [6, 6.07) is 12.5. The van der Waals surface area contributed by atoms with Gasteiger partial charge >= 0.3 is 0 Å². The van der Waals surface area contributed by atoms with Gasteiger partial charge in [-0.05, 0) is 36.8 Å². The lowest BCUT2D eigenvalue weighted by atomic mass is 9.90. The van der Waals surface area contributed by atoms with Gasteiger partial charge in [-0.2, -0.15) is 5.10 Å². The minimum atomic E-state index is -0.345. The van der Waals surface area contributed by atoms with Gasteiger partial charge in [-0.15, -0.1) is 0 Å². The lowest BCUT2D eigenvalue weighted by Crippen LogP contribution is -2.60. The minimum Gasteiger partial charge on any atom is -0.331 e. The summed E-state index contributed by atoms with van der Waals surface area (Å²) in [6.45, 7) is 9.57. The van der Waals surface area contributed by atoms with Gasteiger partial charge < -0.3 is 15.1 Å². The van der Waals surface area contributed by atoms with E-state index in [1.165, 1.54) is 12.1 Å². The average molecular weight is 583 g/mol. The van der Waals surface area contributed by atoms with Crippen LogP contribution < -0.4 is 10.2 Å². The molecular formula is C32H35FN8O2. The molecule has 2 atom stereocenters. The van der Waals surface area contributed by atoms with E-state index in [0.717, 1.165) is 33.7 Å². The number of amides is 2. The zero-order valence-electron chi connectivity index (χ0n) is 24.6. The quantitative estimate of drug-likeness (QED) is 0.373. The van der Waals surface area contributed by atoms with Gasteiger partial charge in [0.25, 0.3) is 5.91 Å². The first-order valence-electron chi connectivity index (χ1n) is 14.8. The molecule has 1 aromatic carbocycles. The minimum absolute atomic E-state index is 0.0100. The van der Waals surface area contributed by atoms with Crippen molar-refractivity contribution in [3.05, 3.63) is 88.9 Å². The average Bonchev–Trinajstić information content (AvgIpc) is 3.66. The van der Waals surface area contributed by atoms with Crippen LogP contribution in [0.5, 0.6) is 0 Å². The van der Waals surface area contributed by atoms with E-state index < -0.39 is 0 Å². The molecule has 1 N–H and O–H groups in total. The van der Waals surface area contributed by atoms with Crippen LogP contribution in [0.3, 0.4) is 0 Å². The van der Waals surface area contributed by atoms with Gasteiger partial charge in [-0.1, -0.05) is 32.0 Å². The van der Waals surface area contributed by atoms with Crippen molar-refractivity contribution < 1.29 is 14.0 Å². The molecule has 0 radical (unpaired) electrons. The zero-order valence-corrected chi connectivity index (χ0v) is 24.6. The Bertz CT molecular complexity index is 1720. The van der Waals surface area contributed by atoms with Crippen LogP contribution >= 0.6 is 0 Å². The number of hydrogen-bond acceptors (Lipinski definition) is 7. The predicted octanol–water partition coefficient (Wildman–Crippen LogP) is 2.80. The molecule has 0 aliphatic carbocycles. The molecule has 4 aromatic rings. The number of halogens is 1. The monoisotopic (exact) mass is 582 g/mol. The number of hydrogen-bond donors (Lipinski definition) is 1. The Morgan fingerprint density at radius 3 is 2.77 bits per heavy atom. The molecule has 3 aliphatic heterocycles. The maximum absolute atomic E-state index is 14.2. The molecule has 43 heavy (non-hydrogen) atoms. The lowest BCUT2D eigenvalue weighted by Gasteiger charge is -2.41. The third-order valence-corrected chi connectivity index (χ3v) is 8.93. The Kier molecular flexibility index (Phi) is 6.74. The number of carbonyl (C=O) groups is 2. The maximum Gasteiger partial charge on any atom is 0.273 e. The maximum atomic E-state index is 14.2. The van der Waals surface area contributed by atoms with Crippen molar-refractivity contribution in [3.63, 3.8) is 0 Å². The number of benzene rings is 1. The summed E-state index contributed by atoms with van der Waals surface area (Å²) in [5.41, 5.74) is 5.53. The van der Waals surface area contributed by atoms with E-state index >= 15 is 0 Å². The summed E-state index contributed by atoms with van der Waals surface area (Å²) in [6.07, 6.45) is 3.74. The Balaban J connectivity index is 1.16. The highest BCUT2D eigenvalue weighted by Crippen LogP contribution is 2.42. The number of carbonyl (C=O) groups excluding carboxylic acids is 2. The van der Waals surface area contributed by atoms with Crippen LogP contribution in [-0.4, -0.2) is 86.0 Å². The van der Waals surface area contributed by atoms with E-state index in [1.54, 1.807) is 24.7 Å². The number of rotatable bonds is 6. The normalized spacial score (nSPS) is 21.4. The number of pyridine rings is 2. The van der Waals surface area contributed by atoms with Gasteiger partial charge in [0.15, 0.2) is 5.65 Å². The highest BCUT2D eigenvalue weighted by Gasteiger charge is 2.42. The Morgan fingerprint density at radius 1 is 1.16 bits per heavy atom. The van der Waals surface area contributed by atoms with Gasteiger partial charge in [-0.3, -0.25) is 19.5 Å². The van der Waals surface area contributed by atoms with Crippen molar-refractivity contribution in [1.82, 2.24) is 34.7 Å². The Labute approximate surface area is 249 Å². The number of aromatic nitrogens is 4. The molecule has 222 valence electrons. The van der Waals surface area contributed by atoms with Crippen molar-refractivity contribution in [1.29, 1.82) is 0 Å². The third-order valence-electron chi connectivity index (χ3n) is 8.93. The first-order chi connectivity index (χ1) is 20.7. The summed E-state index contributed by atoms with van der Waals surface area (Å²) in [5.74, 6) is -0.322. The molecule has 10 nitrogen and oxygen atoms in total. The second kappa shape index (κ2) is 10.5. The van der Waals surface area contributed by atoms with Crippen LogP contribution in [0.15, 0.2) is 55.0 Å². The van der Waals surface area contributed by atoms with E-state index in [-0.39, 0.29) is 41.7 Å². The fourth-order valence-electron chi connectivity index (χ4n) is 6.85. The molecule has 0 bridgehead atoms. The molecule has 3 aromatic heterocycles. The molecule has 1 saturated heterocycles. The number of anilines is 1. The van der Waals surface area contributed by atoms with E-state index in [0.29, 0.717) is 44.8 Å². The summed E-state index contributed by atoms with van der Waals surface area (Å²) in [4.78, 5) is 42.0. The van der Waals surface area contributed by atoms with Crippen LogP contribution in [0.25, 0.3) is 5.65 Å². The zero-order chi connectivity index (χ0) is 29.9. The second-order valence-corrected chi connectivity index (χ2v) is 12.7. The highest BCUT2D eigenvalue weighted by molar-refractivity contribution is 5.98. The molecular weight excluding hydrogens is 547 g/mol. The van der Waals surface area contributed by atoms with Crippen molar-refractivity contribution in [2.24, 2.45) is 0 Å². The van der Waals surface area contributed by atoms with Gasteiger partial charge in [0, 0.05) is 74.0 Å². The van der Waals surface area contributed by atoms with Crippen LogP contribution in [0, 0.1) is 5.82 Å². The summed E-state index contributed by atoms with van der Waals surface area (Å²) in [5, 5.41) is 8.09. The molecule has 2 amide bonds. The van der Waals surface area contributed by atoms with Crippen LogP contribution in [-0.2, 0) is 23.2 Å². The van der Waals surface area contributed by atoms with Crippen LogP contribution in [0.4, 0.5) is 10.1 Å². The number of nitrogens with one attached hydrogen (secondary N) is 1. The summed E-state index contributed by atoms with van der Waals surface area (Å²) >= 11 is 0. The van der Waals surface area contributed by atoms with E-state index in [1.807, 2.05) is 26.4 Å². The highest BCUT2D eigenvalue weighted by atomic mass is 19.1. The van der Waals surface area contributed by atoms with Gasteiger partial charge in [-0.25, -0.2) is 13.9 Å². The van der Waals surface area contributed by atoms with Crippen molar-refractivity contribution >= 4 is 23.1 Å². The molecule has 3 aliphatic rings. The predicted molar refractivity (Wildman–Crippen MR) is 159 cm³/mol. The third kappa shape index (κ3) is 4.96. The van der Waals surface area contributed by atoms with Crippen LogP contribution in [0.2, 0.25) is 0 Å². The topological polar surface area (TPSA) is 99.0 Å². The Morgan fingerprint density at radius 2 is 1.98 bits per heavy atom. The number of fused-ring (bicyclic) bond motifs is 4.